The zero-order valence-corrected chi connectivity index (χ0v) is 16.4. The van der Waals surface area contributed by atoms with Gasteiger partial charge in [0.15, 0.2) is 0 Å². The van der Waals surface area contributed by atoms with Gasteiger partial charge in [-0.1, -0.05) is 44.2 Å². The molecular formula is C23H25N3O2. The monoisotopic (exact) mass is 375 g/mol. The minimum atomic E-state index is -0.211. The molecule has 28 heavy (non-hydrogen) atoms. The van der Waals surface area contributed by atoms with Crippen LogP contribution in [0.1, 0.15) is 41.4 Å². The van der Waals surface area contributed by atoms with Crippen LogP contribution in [0.5, 0.6) is 5.75 Å². The molecule has 0 aliphatic rings. The summed E-state index contributed by atoms with van der Waals surface area (Å²) in [5, 5.41) is 6.31. The average Bonchev–Trinajstić information content (AvgIpc) is 2.73. The molecule has 1 heterocycles. The highest BCUT2D eigenvalue weighted by Gasteiger charge is 2.10. The Morgan fingerprint density at radius 2 is 1.82 bits per heavy atom. The van der Waals surface area contributed by atoms with Crippen molar-refractivity contribution in [3.63, 3.8) is 0 Å². The van der Waals surface area contributed by atoms with Gasteiger partial charge in [-0.2, -0.15) is 0 Å². The molecule has 0 aliphatic carbocycles. The third-order valence-electron chi connectivity index (χ3n) is 4.47. The molecule has 5 nitrogen and oxygen atoms in total. The Morgan fingerprint density at radius 3 is 2.54 bits per heavy atom. The van der Waals surface area contributed by atoms with Crippen molar-refractivity contribution in [3.05, 3.63) is 83.7 Å². The first kappa shape index (κ1) is 19.4. The van der Waals surface area contributed by atoms with Gasteiger partial charge in [0.25, 0.3) is 5.91 Å². The Hall–Kier alpha value is -3.34. The molecule has 3 aromatic rings. The predicted octanol–water partition coefficient (Wildman–Crippen LogP) is 4.89. The fourth-order valence-electron chi connectivity index (χ4n) is 2.92. The average molecular weight is 375 g/mol. The maximum absolute atomic E-state index is 12.5. The van der Waals surface area contributed by atoms with E-state index in [4.69, 9.17) is 4.74 Å². The van der Waals surface area contributed by atoms with Crippen molar-refractivity contribution in [2.45, 2.75) is 26.3 Å². The maximum atomic E-state index is 12.5. The first-order valence-corrected chi connectivity index (χ1v) is 9.30. The molecule has 0 aliphatic heterocycles. The first-order chi connectivity index (χ1) is 13.6. The molecule has 0 unspecified atom stereocenters. The van der Waals surface area contributed by atoms with E-state index in [9.17, 15) is 4.79 Å². The fraction of sp³-hybridized carbons (Fsp3) is 0.217. The minimum absolute atomic E-state index is 0.211. The molecule has 1 aromatic heterocycles. The molecule has 144 valence electrons. The number of methoxy groups -OCH3 is 1. The SMILES string of the molecule is COc1ccc(CNC(=O)c2cc(Nc3ccccc3C(C)C)ccn2)cc1. The smallest absolute Gasteiger partial charge is 0.270 e. The molecule has 0 fully saturated rings. The van der Waals surface area contributed by atoms with Crippen LogP contribution < -0.4 is 15.4 Å². The summed E-state index contributed by atoms with van der Waals surface area (Å²) in [4.78, 5) is 16.7. The molecule has 2 aromatic carbocycles. The number of anilines is 2. The van der Waals surface area contributed by atoms with Gasteiger partial charge in [0.1, 0.15) is 11.4 Å². The van der Waals surface area contributed by atoms with E-state index < -0.39 is 0 Å². The number of hydrogen-bond acceptors (Lipinski definition) is 4. The number of nitrogens with zero attached hydrogens (tertiary/aromatic N) is 1. The van der Waals surface area contributed by atoms with E-state index in [1.807, 2.05) is 48.5 Å². The highest BCUT2D eigenvalue weighted by Crippen LogP contribution is 2.26. The number of para-hydroxylation sites is 1. The Bertz CT molecular complexity index is 937. The number of nitrogens with one attached hydrogen (secondary N) is 2. The molecule has 0 bridgehead atoms. The summed E-state index contributed by atoms with van der Waals surface area (Å²) in [6.45, 7) is 4.74. The summed E-state index contributed by atoms with van der Waals surface area (Å²) in [6, 6.07) is 19.4. The molecule has 0 spiro atoms. The lowest BCUT2D eigenvalue weighted by atomic mass is 10.0. The molecule has 3 rings (SSSR count). The van der Waals surface area contributed by atoms with Crippen molar-refractivity contribution in [1.82, 2.24) is 10.3 Å². The molecule has 0 atom stereocenters. The third kappa shape index (κ3) is 4.88. The lowest BCUT2D eigenvalue weighted by Gasteiger charge is -2.15. The van der Waals surface area contributed by atoms with Gasteiger partial charge in [-0.3, -0.25) is 9.78 Å². The second kappa shape index (κ2) is 9.04. The lowest BCUT2D eigenvalue weighted by molar-refractivity contribution is 0.0946. The highest BCUT2D eigenvalue weighted by molar-refractivity contribution is 5.93. The van der Waals surface area contributed by atoms with Crippen molar-refractivity contribution in [3.8, 4) is 5.75 Å². The number of aromatic nitrogens is 1. The van der Waals surface area contributed by atoms with E-state index in [2.05, 4.69) is 35.5 Å². The van der Waals surface area contributed by atoms with E-state index in [-0.39, 0.29) is 5.91 Å². The first-order valence-electron chi connectivity index (χ1n) is 9.30. The topological polar surface area (TPSA) is 63.2 Å². The van der Waals surface area contributed by atoms with Gasteiger partial charge >= 0.3 is 0 Å². The van der Waals surface area contributed by atoms with Gasteiger partial charge in [0, 0.05) is 24.1 Å². The van der Waals surface area contributed by atoms with Crippen LogP contribution in [-0.4, -0.2) is 18.0 Å². The van der Waals surface area contributed by atoms with Crippen molar-refractivity contribution in [2.75, 3.05) is 12.4 Å². The molecule has 0 radical (unpaired) electrons. The number of benzene rings is 2. The Kier molecular flexibility index (Phi) is 6.27. The predicted molar refractivity (Wildman–Crippen MR) is 112 cm³/mol. The summed E-state index contributed by atoms with van der Waals surface area (Å²) in [7, 11) is 1.63. The Labute approximate surface area is 165 Å². The molecule has 1 amide bonds. The van der Waals surface area contributed by atoms with Crippen LogP contribution in [0.4, 0.5) is 11.4 Å². The Morgan fingerprint density at radius 1 is 1.07 bits per heavy atom. The van der Waals surface area contributed by atoms with E-state index in [0.717, 1.165) is 22.7 Å². The number of carbonyl (C=O) groups is 1. The standard InChI is InChI=1S/C23H25N3O2/c1-16(2)20-6-4-5-7-21(20)26-18-12-13-24-22(14-18)23(27)25-15-17-8-10-19(28-3)11-9-17/h4-14,16H,15H2,1-3H3,(H,24,26)(H,25,27). The second-order valence-corrected chi connectivity index (χ2v) is 6.83. The summed E-state index contributed by atoms with van der Waals surface area (Å²) in [6.07, 6.45) is 1.64. The quantitative estimate of drug-likeness (QED) is 0.617. The number of carbonyl (C=O) groups excluding carboxylic acids is 1. The molecule has 5 heteroatoms. The van der Waals surface area contributed by atoms with Crippen LogP contribution in [0.2, 0.25) is 0 Å². The van der Waals surface area contributed by atoms with E-state index in [1.165, 1.54) is 5.56 Å². The summed E-state index contributed by atoms with van der Waals surface area (Å²) < 4.78 is 5.14. The lowest BCUT2D eigenvalue weighted by Crippen LogP contribution is -2.23. The van der Waals surface area contributed by atoms with Gasteiger partial charge in [0.05, 0.1) is 7.11 Å². The largest absolute Gasteiger partial charge is 0.497 e. The van der Waals surface area contributed by atoms with Gasteiger partial charge in [-0.15, -0.1) is 0 Å². The van der Waals surface area contributed by atoms with Gasteiger partial charge in [0.2, 0.25) is 0 Å². The number of rotatable bonds is 7. The van der Waals surface area contributed by atoms with Crippen LogP contribution in [0.15, 0.2) is 66.9 Å². The second-order valence-electron chi connectivity index (χ2n) is 6.83. The molecular weight excluding hydrogens is 350 g/mol. The molecule has 0 saturated heterocycles. The summed E-state index contributed by atoms with van der Waals surface area (Å²) >= 11 is 0. The zero-order chi connectivity index (χ0) is 19.9. The zero-order valence-electron chi connectivity index (χ0n) is 16.4. The maximum Gasteiger partial charge on any atom is 0.270 e. The third-order valence-corrected chi connectivity index (χ3v) is 4.47. The number of ether oxygens (including phenoxy) is 1. The summed E-state index contributed by atoms with van der Waals surface area (Å²) in [5.41, 5.74) is 4.46. The van der Waals surface area contributed by atoms with Crippen LogP contribution in [-0.2, 0) is 6.54 Å². The van der Waals surface area contributed by atoms with Crippen LogP contribution in [0, 0.1) is 0 Å². The van der Waals surface area contributed by atoms with Crippen LogP contribution in [0.25, 0.3) is 0 Å². The molecule has 2 N–H and O–H groups in total. The number of pyridine rings is 1. The Balaban J connectivity index is 1.67. The van der Waals surface area contributed by atoms with Crippen molar-refractivity contribution in [2.24, 2.45) is 0 Å². The van der Waals surface area contributed by atoms with Crippen LogP contribution >= 0.6 is 0 Å². The number of amides is 1. The summed E-state index contributed by atoms with van der Waals surface area (Å²) in [5.74, 6) is 0.978. The van der Waals surface area contributed by atoms with Crippen molar-refractivity contribution < 1.29 is 9.53 Å². The van der Waals surface area contributed by atoms with E-state index in [1.54, 1.807) is 19.4 Å². The number of hydrogen-bond donors (Lipinski definition) is 2. The fourth-order valence-corrected chi connectivity index (χ4v) is 2.92. The van der Waals surface area contributed by atoms with E-state index in [0.29, 0.717) is 18.2 Å². The minimum Gasteiger partial charge on any atom is -0.497 e. The normalized spacial score (nSPS) is 10.6. The van der Waals surface area contributed by atoms with E-state index >= 15 is 0 Å². The van der Waals surface area contributed by atoms with Gasteiger partial charge < -0.3 is 15.4 Å². The van der Waals surface area contributed by atoms with Crippen molar-refractivity contribution in [1.29, 1.82) is 0 Å². The molecule has 0 saturated carbocycles. The highest BCUT2D eigenvalue weighted by atomic mass is 16.5. The van der Waals surface area contributed by atoms with Crippen LogP contribution in [0.3, 0.4) is 0 Å². The van der Waals surface area contributed by atoms with Gasteiger partial charge in [-0.05, 0) is 47.4 Å². The van der Waals surface area contributed by atoms with Crippen molar-refractivity contribution >= 4 is 17.3 Å². The van der Waals surface area contributed by atoms with Gasteiger partial charge in [-0.25, -0.2) is 0 Å².